The second kappa shape index (κ2) is 8.81. The monoisotopic (exact) mass is 375 g/mol. The summed E-state index contributed by atoms with van der Waals surface area (Å²) in [4.78, 5) is 24.4. The number of methoxy groups -OCH3 is 1. The molecule has 0 spiro atoms. The van der Waals surface area contributed by atoms with Crippen molar-refractivity contribution in [1.82, 2.24) is 5.43 Å². The van der Waals surface area contributed by atoms with Crippen molar-refractivity contribution in [2.45, 2.75) is 13.3 Å². The summed E-state index contributed by atoms with van der Waals surface area (Å²) in [7, 11) is 1.56. The maximum absolute atomic E-state index is 12.3. The Morgan fingerprint density at radius 2 is 1.68 bits per heavy atom. The van der Waals surface area contributed by atoms with Crippen molar-refractivity contribution in [3.8, 4) is 5.75 Å². The second-order valence-corrected chi connectivity index (χ2v) is 6.27. The van der Waals surface area contributed by atoms with Gasteiger partial charge in [-0.3, -0.25) is 9.59 Å². The highest BCUT2D eigenvalue weighted by molar-refractivity contribution is 6.09. The summed E-state index contributed by atoms with van der Waals surface area (Å²) in [5.74, 6) is 0.120. The van der Waals surface area contributed by atoms with Gasteiger partial charge < -0.3 is 10.1 Å². The van der Waals surface area contributed by atoms with E-state index in [2.05, 4.69) is 15.8 Å². The molecule has 6 heteroatoms. The molecular weight excluding hydrogens is 354 g/mol. The standard InChI is InChI=1S/C22H21N3O3/c1-15(24-25-22(27)17-10-12-18(28-2)13-11-17)14-21(26)23-20-9-5-7-16-6-3-4-8-19(16)20/h3-13H,14H2,1-2H3,(H,23,26)(H,25,27). The molecule has 0 unspecified atom stereocenters. The number of nitrogens with zero attached hydrogens (tertiary/aromatic N) is 1. The summed E-state index contributed by atoms with van der Waals surface area (Å²) >= 11 is 0. The van der Waals surface area contributed by atoms with E-state index in [-0.39, 0.29) is 18.2 Å². The Hall–Kier alpha value is -3.67. The van der Waals surface area contributed by atoms with Crippen LogP contribution < -0.4 is 15.5 Å². The second-order valence-electron chi connectivity index (χ2n) is 6.27. The van der Waals surface area contributed by atoms with Crippen LogP contribution >= 0.6 is 0 Å². The highest BCUT2D eigenvalue weighted by Gasteiger charge is 2.09. The largest absolute Gasteiger partial charge is 0.497 e. The minimum Gasteiger partial charge on any atom is -0.497 e. The molecule has 0 aliphatic rings. The lowest BCUT2D eigenvalue weighted by atomic mass is 10.1. The van der Waals surface area contributed by atoms with Crippen molar-refractivity contribution in [3.05, 3.63) is 72.3 Å². The van der Waals surface area contributed by atoms with E-state index in [1.165, 1.54) is 0 Å². The Morgan fingerprint density at radius 3 is 2.43 bits per heavy atom. The fraction of sp³-hybridized carbons (Fsp3) is 0.136. The molecule has 0 bridgehead atoms. The molecule has 3 aromatic carbocycles. The van der Waals surface area contributed by atoms with E-state index in [1.807, 2.05) is 42.5 Å². The van der Waals surface area contributed by atoms with E-state index in [1.54, 1.807) is 38.3 Å². The highest BCUT2D eigenvalue weighted by atomic mass is 16.5. The molecule has 0 saturated carbocycles. The molecule has 2 N–H and O–H groups in total. The van der Waals surface area contributed by atoms with Crippen LogP contribution in [0.5, 0.6) is 5.75 Å². The van der Waals surface area contributed by atoms with E-state index in [0.29, 0.717) is 17.0 Å². The Morgan fingerprint density at radius 1 is 0.964 bits per heavy atom. The number of hydrogen-bond acceptors (Lipinski definition) is 4. The number of nitrogens with one attached hydrogen (secondary N) is 2. The summed E-state index contributed by atoms with van der Waals surface area (Å²) < 4.78 is 5.06. The molecule has 0 heterocycles. The number of hydrogen-bond donors (Lipinski definition) is 2. The number of benzene rings is 3. The number of carbonyl (C=O) groups is 2. The average Bonchev–Trinajstić information content (AvgIpc) is 2.72. The van der Waals surface area contributed by atoms with Crippen molar-refractivity contribution in [1.29, 1.82) is 0 Å². The molecule has 6 nitrogen and oxygen atoms in total. The molecular formula is C22H21N3O3. The lowest BCUT2D eigenvalue weighted by Gasteiger charge is -2.09. The van der Waals surface area contributed by atoms with Crippen molar-refractivity contribution in [2.75, 3.05) is 12.4 Å². The van der Waals surface area contributed by atoms with E-state index in [4.69, 9.17) is 4.74 Å². The van der Waals surface area contributed by atoms with Gasteiger partial charge in [-0.2, -0.15) is 5.10 Å². The van der Waals surface area contributed by atoms with Gasteiger partial charge in [0.2, 0.25) is 5.91 Å². The number of fused-ring (bicyclic) bond motifs is 1. The molecule has 0 fully saturated rings. The summed E-state index contributed by atoms with van der Waals surface area (Å²) in [6.07, 6.45) is 0.0755. The number of rotatable bonds is 6. The molecule has 0 aliphatic carbocycles. The van der Waals surface area contributed by atoms with Gasteiger partial charge in [0.15, 0.2) is 0 Å². The van der Waals surface area contributed by atoms with Gasteiger partial charge in [-0.1, -0.05) is 36.4 Å². The van der Waals surface area contributed by atoms with Gasteiger partial charge >= 0.3 is 0 Å². The van der Waals surface area contributed by atoms with Gasteiger partial charge in [-0.15, -0.1) is 0 Å². The number of anilines is 1. The minimum atomic E-state index is -0.350. The topological polar surface area (TPSA) is 79.8 Å². The summed E-state index contributed by atoms with van der Waals surface area (Å²) in [5, 5.41) is 8.94. The fourth-order valence-corrected chi connectivity index (χ4v) is 2.75. The third-order valence-electron chi connectivity index (χ3n) is 4.18. The molecule has 0 aromatic heterocycles. The summed E-state index contributed by atoms with van der Waals surface area (Å²) in [5.41, 5.74) is 4.17. The molecule has 0 radical (unpaired) electrons. The molecule has 0 atom stereocenters. The zero-order valence-corrected chi connectivity index (χ0v) is 15.7. The van der Waals surface area contributed by atoms with Gasteiger partial charge in [0, 0.05) is 22.3 Å². The lowest BCUT2D eigenvalue weighted by Crippen LogP contribution is -2.21. The van der Waals surface area contributed by atoms with Crippen LogP contribution in [-0.4, -0.2) is 24.6 Å². The predicted molar refractivity (Wildman–Crippen MR) is 111 cm³/mol. The SMILES string of the molecule is COc1ccc(C(=O)NN=C(C)CC(=O)Nc2cccc3ccccc23)cc1. The molecule has 142 valence electrons. The van der Waals surface area contributed by atoms with Crippen LogP contribution in [0.15, 0.2) is 71.8 Å². The van der Waals surface area contributed by atoms with Crippen LogP contribution in [0, 0.1) is 0 Å². The van der Waals surface area contributed by atoms with Gasteiger partial charge in [0.1, 0.15) is 5.75 Å². The van der Waals surface area contributed by atoms with Crippen LogP contribution in [0.2, 0.25) is 0 Å². The fourth-order valence-electron chi connectivity index (χ4n) is 2.75. The van der Waals surface area contributed by atoms with Gasteiger partial charge in [0.05, 0.1) is 13.5 Å². The highest BCUT2D eigenvalue weighted by Crippen LogP contribution is 2.23. The van der Waals surface area contributed by atoms with Crippen molar-refractivity contribution in [2.24, 2.45) is 5.10 Å². The first-order chi connectivity index (χ1) is 13.6. The zero-order valence-electron chi connectivity index (χ0n) is 15.7. The first-order valence-electron chi connectivity index (χ1n) is 8.82. The summed E-state index contributed by atoms with van der Waals surface area (Å²) in [6.45, 7) is 1.69. The van der Waals surface area contributed by atoms with Crippen LogP contribution in [0.3, 0.4) is 0 Å². The first-order valence-corrected chi connectivity index (χ1v) is 8.82. The van der Waals surface area contributed by atoms with Gasteiger partial charge in [-0.25, -0.2) is 5.43 Å². The normalized spacial score (nSPS) is 11.1. The minimum absolute atomic E-state index is 0.0755. The maximum Gasteiger partial charge on any atom is 0.271 e. The molecule has 2 amide bonds. The zero-order chi connectivity index (χ0) is 19.9. The Kier molecular flexibility index (Phi) is 6.01. The Balaban J connectivity index is 1.59. The predicted octanol–water partition coefficient (Wildman–Crippen LogP) is 3.98. The van der Waals surface area contributed by atoms with Gasteiger partial charge in [-0.05, 0) is 42.6 Å². The molecule has 3 rings (SSSR count). The Labute approximate surface area is 163 Å². The van der Waals surface area contributed by atoms with E-state index < -0.39 is 0 Å². The van der Waals surface area contributed by atoms with E-state index in [9.17, 15) is 9.59 Å². The number of amides is 2. The number of hydrazone groups is 1. The number of carbonyl (C=O) groups excluding carboxylic acids is 2. The lowest BCUT2D eigenvalue weighted by molar-refractivity contribution is -0.115. The van der Waals surface area contributed by atoms with Crippen LogP contribution in [0.25, 0.3) is 10.8 Å². The van der Waals surface area contributed by atoms with Crippen molar-refractivity contribution >= 4 is 34.0 Å². The molecule has 28 heavy (non-hydrogen) atoms. The third kappa shape index (κ3) is 4.73. The van der Waals surface area contributed by atoms with E-state index >= 15 is 0 Å². The van der Waals surface area contributed by atoms with E-state index in [0.717, 1.165) is 16.5 Å². The van der Waals surface area contributed by atoms with Crippen LogP contribution in [0.4, 0.5) is 5.69 Å². The van der Waals surface area contributed by atoms with Crippen molar-refractivity contribution < 1.29 is 14.3 Å². The quantitative estimate of drug-likeness (QED) is 0.505. The smallest absolute Gasteiger partial charge is 0.271 e. The maximum atomic E-state index is 12.3. The number of ether oxygens (including phenoxy) is 1. The molecule has 0 aliphatic heterocycles. The van der Waals surface area contributed by atoms with Gasteiger partial charge in [0.25, 0.3) is 5.91 Å². The summed E-state index contributed by atoms with van der Waals surface area (Å²) in [6, 6.07) is 20.3. The molecule has 0 saturated heterocycles. The third-order valence-corrected chi connectivity index (χ3v) is 4.18. The average molecular weight is 375 g/mol. The van der Waals surface area contributed by atoms with Crippen LogP contribution in [0.1, 0.15) is 23.7 Å². The van der Waals surface area contributed by atoms with Crippen LogP contribution in [-0.2, 0) is 4.79 Å². The Bertz CT molecular complexity index is 1020. The molecule has 3 aromatic rings. The first kappa shape index (κ1) is 19.1. The van der Waals surface area contributed by atoms with Crippen molar-refractivity contribution in [3.63, 3.8) is 0 Å².